The maximum atomic E-state index is 11.3. The van der Waals surface area contributed by atoms with E-state index in [0.717, 1.165) is 0 Å². The molecule has 10 heteroatoms. The van der Waals surface area contributed by atoms with Crippen LogP contribution in [0.15, 0.2) is 4.99 Å². The number of aliphatic imine (C=N–C) groups is 1. The number of carboxylic acid groups (broad SMARTS) is 1. The summed E-state index contributed by atoms with van der Waals surface area (Å²) in [5.41, 5.74) is 10.3. The Morgan fingerprint density at radius 2 is 1.88 bits per heavy atom. The summed E-state index contributed by atoms with van der Waals surface area (Å²) in [6, 6.07) is -1.39. The summed E-state index contributed by atoms with van der Waals surface area (Å²) in [5.74, 6) is -1.88. The smallest absolute Gasteiger partial charge is 0.321 e. The minimum absolute atomic E-state index is 0. The van der Waals surface area contributed by atoms with Crippen molar-refractivity contribution >= 4 is 46.5 Å². The Kier molecular flexibility index (Phi) is 12.1. The zero-order valence-electron chi connectivity index (χ0n) is 9.20. The molecule has 17 heavy (non-hydrogen) atoms. The van der Waals surface area contributed by atoms with Crippen LogP contribution in [0, 0.1) is 0 Å². The number of carbonyl (C=O) groups is 1. The van der Waals surface area contributed by atoms with Gasteiger partial charge in [0.25, 0.3) is 0 Å². The standard InChI is InChI=1S/C7H15N3O4S.2ClH/c1-5(8)10-2-3-15(13,14)4-6(9)7(11)12;;/h6H,2-4,9H2,1H3,(H2,8,10)(H,11,12);2*1H. The SMILES string of the molecule is CC(N)=NCCS(=O)(=O)CC(N)C(=O)O.Cl.Cl. The van der Waals surface area contributed by atoms with Gasteiger partial charge in [-0.3, -0.25) is 9.79 Å². The molecular weight excluding hydrogens is 293 g/mol. The van der Waals surface area contributed by atoms with Crippen molar-refractivity contribution in [2.75, 3.05) is 18.1 Å². The first-order valence-electron chi connectivity index (χ1n) is 4.20. The number of hydrogen-bond donors (Lipinski definition) is 3. The predicted molar refractivity (Wildman–Crippen MR) is 70.9 cm³/mol. The van der Waals surface area contributed by atoms with Gasteiger partial charge in [-0.1, -0.05) is 0 Å². The topological polar surface area (TPSA) is 136 Å². The highest BCUT2D eigenvalue weighted by Gasteiger charge is 2.20. The van der Waals surface area contributed by atoms with Crippen molar-refractivity contribution in [3.05, 3.63) is 0 Å². The zero-order chi connectivity index (χ0) is 12.1. The van der Waals surface area contributed by atoms with E-state index >= 15 is 0 Å². The molecule has 0 bridgehead atoms. The molecule has 0 radical (unpaired) electrons. The van der Waals surface area contributed by atoms with E-state index in [1.165, 1.54) is 6.92 Å². The van der Waals surface area contributed by atoms with E-state index < -0.39 is 27.6 Å². The van der Waals surface area contributed by atoms with Gasteiger partial charge in [-0.05, 0) is 6.92 Å². The molecule has 0 saturated heterocycles. The Hall–Kier alpha value is -0.570. The Morgan fingerprint density at radius 1 is 1.41 bits per heavy atom. The van der Waals surface area contributed by atoms with Crippen LogP contribution in [0.25, 0.3) is 0 Å². The van der Waals surface area contributed by atoms with Crippen molar-refractivity contribution in [2.45, 2.75) is 13.0 Å². The summed E-state index contributed by atoms with van der Waals surface area (Å²) in [4.78, 5) is 14.0. The normalized spacial score (nSPS) is 13.2. The second kappa shape index (κ2) is 9.46. The second-order valence-corrected chi connectivity index (χ2v) is 5.31. The van der Waals surface area contributed by atoms with Crippen LogP contribution in [-0.2, 0) is 14.6 Å². The van der Waals surface area contributed by atoms with E-state index in [0.29, 0.717) is 0 Å². The average molecular weight is 310 g/mol. The minimum Gasteiger partial charge on any atom is -0.480 e. The highest BCUT2D eigenvalue weighted by atomic mass is 35.5. The van der Waals surface area contributed by atoms with Gasteiger partial charge in [-0.15, -0.1) is 24.8 Å². The lowest BCUT2D eigenvalue weighted by atomic mass is 10.4. The molecule has 5 N–H and O–H groups in total. The molecule has 1 atom stereocenters. The molecule has 0 rings (SSSR count). The monoisotopic (exact) mass is 309 g/mol. The number of carboxylic acids is 1. The van der Waals surface area contributed by atoms with Crippen LogP contribution < -0.4 is 11.5 Å². The van der Waals surface area contributed by atoms with E-state index in [9.17, 15) is 13.2 Å². The van der Waals surface area contributed by atoms with Gasteiger partial charge in [-0.2, -0.15) is 0 Å². The lowest BCUT2D eigenvalue weighted by molar-refractivity contribution is -0.137. The Bertz CT molecular complexity index is 354. The Labute approximate surface area is 112 Å². The minimum atomic E-state index is -3.49. The molecule has 0 aromatic rings. The molecule has 0 saturated carbocycles. The van der Waals surface area contributed by atoms with Gasteiger partial charge < -0.3 is 16.6 Å². The van der Waals surface area contributed by atoms with E-state index in [1.54, 1.807) is 0 Å². The molecule has 104 valence electrons. The predicted octanol–water partition coefficient (Wildman–Crippen LogP) is -0.966. The van der Waals surface area contributed by atoms with Gasteiger partial charge in [0.2, 0.25) is 0 Å². The number of nitrogens with zero attached hydrogens (tertiary/aromatic N) is 1. The molecule has 0 fully saturated rings. The molecule has 0 aromatic heterocycles. The van der Waals surface area contributed by atoms with Crippen LogP contribution in [0.4, 0.5) is 0 Å². The Morgan fingerprint density at radius 3 is 2.24 bits per heavy atom. The van der Waals surface area contributed by atoms with Crippen LogP contribution in [0.2, 0.25) is 0 Å². The summed E-state index contributed by atoms with van der Waals surface area (Å²) in [5, 5.41) is 8.42. The summed E-state index contributed by atoms with van der Waals surface area (Å²) in [7, 11) is -3.49. The molecule has 0 aliphatic rings. The summed E-state index contributed by atoms with van der Waals surface area (Å²) < 4.78 is 22.5. The van der Waals surface area contributed by atoms with E-state index in [2.05, 4.69) is 4.99 Å². The third-order valence-electron chi connectivity index (χ3n) is 1.51. The van der Waals surface area contributed by atoms with Crippen molar-refractivity contribution in [2.24, 2.45) is 16.5 Å². The number of nitrogens with two attached hydrogens (primary N) is 2. The third-order valence-corrected chi connectivity index (χ3v) is 3.19. The fourth-order valence-corrected chi connectivity index (χ4v) is 2.02. The maximum Gasteiger partial charge on any atom is 0.321 e. The van der Waals surface area contributed by atoms with Crippen molar-refractivity contribution < 1.29 is 18.3 Å². The Balaban J connectivity index is -0.000000980. The molecule has 0 aliphatic carbocycles. The van der Waals surface area contributed by atoms with Gasteiger partial charge in [0.05, 0.1) is 23.9 Å². The second-order valence-electron chi connectivity index (χ2n) is 3.08. The van der Waals surface area contributed by atoms with Gasteiger partial charge >= 0.3 is 5.97 Å². The first kappa shape index (κ1) is 21.7. The lowest BCUT2D eigenvalue weighted by Gasteiger charge is -2.06. The first-order valence-corrected chi connectivity index (χ1v) is 6.02. The van der Waals surface area contributed by atoms with Crippen LogP contribution in [0.5, 0.6) is 0 Å². The van der Waals surface area contributed by atoms with Crippen LogP contribution >= 0.6 is 24.8 Å². The molecule has 0 amide bonds. The third kappa shape index (κ3) is 11.7. The number of aliphatic carboxylic acids is 1. The molecule has 0 aromatic carbocycles. The number of hydrogen-bond acceptors (Lipinski definition) is 5. The highest BCUT2D eigenvalue weighted by Crippen LogP contribution is 1.94. The zero-order valence-corrected chi connectivity index (χ0v) is 11.6. The van der Waals surface area contributed by atoms with E-state index in [-0.39, 0.29) is 42.9 Å². The van der Waals surface area contributed by atoms with Gasteiger partial charge in [0.1, 0.15) is 6.04 Å². The summed E-state index contributed by atoms with van der Waals surface area (Å²) >= 11 is 0. The van der Waals surface area contributed by atoms with Crippen molar-refractivity contribution in [1.82, 2.24) is 0 Å². The summed E-state index contributed by atoms with van der Waals surface area (Å²) in [6.45, 7) is 1.56. The van der Waals surface area contributed by atoms with E-state index in [4.69, 9.17) is 16.6 Å². The number of halogens is 2. The van der Waals surface area contributed by atoms with Crippen molar-refractivity contribution in [3.63, 3.8) is 0 Å². The number of amidine groups is 1. The quantitative estimate of drug-likeness (QED) is 0.427. The van der Waals surface area contributed by atoms with Crippen LogP contribution in [0.1, 0.15) is 6.92 Å². The van der Waals surface area contributed by atoms with Crippen LogP contribution in [0.3, 0.4) is 0 Å². The maximum absolute atomic E-state index is 11.3. The fourth-order valence-electron chi connectivity index (χ4n) is 0.789. The molecule has 0 spiro atoms. The van der Waals surface area contributed by atoms with Crippen LogP contribution in [-0.4, -0.2) is 49.4 Å². The summed E-state index contributed by atoms with van der Waals surface area (Å²) in [6.07, 6.45) is 0. The number of rotatable bonds is 6. The largest absolute Gasteiger partial charge is 0.480 e. The number of sulfone groups is 1. The fraction of sp³-hybridized carbons (Fsp3) is 0.714. The average Bonchev–Trinajstić information content (AvgIpc) is 2.01. The highest BCUT2D eigenvalue weighted by molar-refractivity contribution is 7.91. The molecule has 7 nitrogen and oxygen atoms in total. The van der Waals surface area contributed by atoms with Gasteiger partial charge in [0, 0.05) is 0 Å². The van der Waals surface area contributed by atoms with Gasteiger partial charge in [0.15, 0.2) is 9.84 Å². The molecule has 0 heterocycles. The lowest BCUT2D eigenvalue weighted by Crippen LogP contribution is -2.38. The van der Waals surface area contributed by atoms with Crippen molar-refractivity contribution in [3.8, 4) is 0 Å². The van der Waals surface area contributed by atoms with E-state index in [1.807, 2.05) is 0 Å². The van der Waals surface area contributed by atoms with Crippen molar-refractivity contribution in [1.29, 1.82) is 0 Å². The first-order chi connectivity index (χ1) is 6.74. The molecular formula is C7H17Cl2N3O4S. The molecule has 0 aliphatic heterocycles. The molecule has 1 unspecified atom stereocenters. The van der Waals surface area contributed by atoms with Gasteiger partial charge in [-0.25, -0.2) is 8.42 Å².